The van der Waals surface area contributed by atoms with E-state index in [0.29, 0.717) is 0 Å². The largest absolute Gasteiger partial charge is 0.381 e. The van der Waals surface area contributed by atoms with Crippen molar-refractivity contribution in [3.63, 3.8) is 0 Å². The van der Waals surface area contributed by atoms with E-state index in [1.54, 1.807) is 0 Å². The molecule has 3 heteroatoms. The summed E-state index contributed by atoms with van der Waals surface area (Å²) in [6, 6.07) is 5.86. The molecule has 3 rings (SSSR count). The maximum atomic E-state index is 5.49. The van der Waals surface area contributed by atoms with Crippen LogP contribution in [0.15, 0.2) is 24.5 Å². The van der Waals surface area contributed by atoms with Crippen molar-refractivity contribution < 1.29 is 4.74 Å². The number of hydrogen-bond acceptors (Lipinski definition) is 3. The minimum atomic E-state index is 0.777. The highest BCUT2D eigenvalue weighted by atomic mass is 16.5. The minimum Gasteiger partial charge on any atom is -0.381 e. The van der Waals surface area contributed by atoms with Crippen molar-refractivity contribution in [1.82, 2.24) is 9.88 Å². The minimum absolute atomic E-state index is 0.777. The number of aryl methyl sites for hydroxylation is 1. The molecule has 1 aromatic rings. The number of rotatable bonds is 4. The zero-order valence-electron chi connectivity index (χ0n) is 11.6. The predicted molar refractivity (Wildman–Crippen MR) is 76.1 cm³/mol. The molecule has 0 aliphatic carbocycles. The van der Waals surface area contributed by atoms with Crippen LogP contribution in [0.3, 0.4) is 0 Å². The molecule has 3 heterocycles. The van der Waals surface area contributed by atoms with E-state index in [4.69, 9.17) is 4.74 Å². The van der Waals surface area contributed by atoms with Gasteiger partial charge < -0.3 is 4.74 Å². The van der Waals surface area contributed by atoms with Crippen LogP contribution < -0.4 is 0 Å². The SMILES string of the molecule is c1cc(CC[C@@H]2CCCN2C2CCOCC2)ccn1. The van der Waals surface area contributed by atoms with Crippen LogP contribution in [0.2, 0.25) is 0 Å². The van der Waals surface area contributed by atoms with Gasteiger partial charge in [0.15, 0.2) is 0 Å². The lowest BCUT2D eigenvalue weighted by Crippen LogP contribution is -2.42. The fourth-order valence-electron chi connectivity index (χ4n) is 3.55. The molecule has 0 aromatic carbocycles. The molecule has 0 amide bonds. The molecule has 0 unspecified atom stereocenters. The summed E-state index contributed by atoms with van der Waals surface area (Å²) >= 11 is 0. The second kappa shape index (κ2) is 6.49. The Hall–Kier alpha value is -0.930. The molecule has 0 radical (unpaired) electrons. The second-order valence-corrected chi connectivity index (χ2v) is 5.77. The van der Waals surface area contributed by atoms with Gasteiger partial charge in [0, 0.05) is 37.7 Å². The van der Waals surface area contributed by atoms with Gasteiger partial charge in [-0.05, 0) is 62.8 Å². The van der Waals surface area contributed by atoms with Gasteiger partial charge in [-0.3, -0.25) is 9.88 Å². The first-order chi connectivity index (χ1) is 9.43. The number of aromatic nitrogens is 1. The van der Waals surface area contributed by atoms with Gasteiger partial charge in [0.05, 0.1) is 0 Å². The molecule has 1 aromatic heterocycles. The van der Waals surface area contributed by atoms with Crippen molar-refractivity contribution in [1.29, 1.82) is 0 Å². The van der Waals surface area contributed by atoms with E-state index < -0.39 is 0 Å². The zero-order valence-corrected chi connectivity index (χ0v) is 11.6. The molecule has 0 spiro atoms. The van der Waals surface area contributed by atoms with Gasteiger partial charge in [0.2, 0.25) is 0 Å². The average molecular weight is 260 g/mol. The highest BCUT2D eigenvalue weighted by Crippen LogP contribution is 2.27. The number of pyridine rings is 1. The summed E-state index contributed by atoms with van der Waals surface area (Å²) in [4.78, 5) is 6.86. The van der Waals surface area contributed by atoms with Crippen LogP contribution in [-0.2, 0) is 11.2 Å². The van der Waals surface area contributed by atoms with Crippen molar-refractivity contribution in [2.75, 3.05) is 19.8 Å². The first-order valence-electron chi connectivity index (χ1n) is 7.66. The van der Waals surface area contributed by atoms with Gasteiger partial charge >= 0.3 is 0 Å². The molecule has 2 aliphatic rings. The smallest absolute Gasteiger partial charge is 0.0480 e. The summed E-state index contributed by atoms with van der Waals surface area (Å²) in [5.41, 5.74) is 1.42. The van der Waals surface area contributed by atoms with E-state index >= 15 is 0 Å². The van der Waals surface area contributed by atoms with Crippen LogP contribution in [0.25, 0.3) is 0 Å². The summed E-state index contributed by atoms with van der Waals surface area (Å²) < 4.78 is 5.49. The van der Waals surface area contributed by atoms with Gasteiger partial charge in [-0.1, -0.05) is 0 Å². The topological polar surface area (TPSA) is 25.4 Å². The fraction of sp³-hybridized carbons (Fsp3) is 0.688. The first-order valence-corrected chi connectivity index (χ1v) is 7.66. The molecule has 104 valence electrons. The fourth-order valence-corrected chi connectivity index (χ4v) is 3.55. The highest BCUT2D eigenvalue weighted by Gasteiger charge is 2.31. The van der Waals surface area contributed by atoms with Crippen molar-refractivity contribution in [2.45, 2.75) is 50.6 Å². The lowest BCUT2D eigenvalue weighted by atomic mass is 10.0. The lowest BCUT2D eigenvalue weighted by Gasteiger charge is -2.35. The molecule has 2 aliphatic heterocycles. The predicted octanol–water partition coefficient (Wildman–Crippen LogP) is 2.66. The molecule has 0 bridgehead atoms. The Morgan fingerprint density at radius 2 is 1.95 bits per heavy atom. The Kier molecular flexibility index (Phi) is 4.46. The van der Waals surface area contributed by atoms with Crippen LogP contribution in [0, 0.1) is 0 Å². The van der Waals surface area contributed by atoms with E-state index in [1.165, 1.54) is 50.6 Å². The molecular weight excluding hydrogens is 236 g/mol. The molecule has 19 heavy (non-hydrogen) atoms. The standard InChI is InChI=1S/C16H24N2O/c1-2-15(4-3-14-5-9-17-10-6-14)18(11-1)16-7-12-19-13-8-16/h5-6,9-10,15-16H,1-4,7-8,11-13H2/t15-/m0/s1. The van der Waals surface area contributed by atoms with Crippen molar-refractivity contribution in [2.24, 2.45) is 0 Å². The van der Waals surface area contributed by atoms with E-state index in [0.717, 1.165) is 25.3 Å². The monoisotopic (exact) mass is 260 g/mol. The summed E-state index contributed by atoms with van der Waals surface area (Å²) in [6.07, 6.45) is 11.5. The molecule has 2 saturated heterocycles. The van der Waals surface area contributed by atoms with Crippen molar-refractivity contribution in [3.8, 4) is 0 Å². The molecule has 0 saturated carbocycles. The first kappa shape index (κ1) is 13.1. The van der Waals surface area contributed by atoms with Crippen LogP contribution in [0.4, 0.5) is 0 Å². The normalized spacial score (nSPS) is 25.8. The Labute approximate surface area is 116 Å². The summed E-state index contributed by atoms with van der Waals surface area (Å²) in [5, 5.41) is 0. The number of likely N-dealkylation sites (tertiary alicyclic amines) is 1. The van der Waals surface area contributed by atoms with Gasteiger partial charge in [-0.15, -0.1) is 0 Å². The average Bonchev–Trinajstić information content (AvgIpc) is 2.95. The highest BCUT2D eigenvalue weighted by molar-refractivity contribution is 5.10. The summed E-state index contributed by atoms with van der Waals surface area (Å²) in [7, 11) is 0. The quantitative estimate of drug-likeness (QED) is 0.832. The molecular formula is C16H24N2O. The molecule has 2 fully saturated rings. The van der Waals surface area contributed by atoms with E-state index in [2.05, 4.69) is 22.0 Å². The maximum Gasteiger partial charge on any atom is 0.0480 e. The summed E-state index contributed by atoms with van der Waals surface area (Å²) in [5.74, 6) is 0. The summed E-state index contributed by atoms with van der Waals surface area (Å²) in [6.45, 7) is 3.21. The zero-order chi connectivity index (χ0) is 12.9. The number of ether oxygens (including phenoxy) is 1. The molecule has 0 N–H and O–H groups in total. The van der Waals surface area contributed by atoms with Crippen LogP contribution in [-0.4, -0.2) is 41.7 Å². The van der Waals surface area contributed by atoms with E-state index in [-0.39, 0.29) is 0 Å². The third-order valence-corrected chi connectivity index (χ3v) is 4.60. The molecule has 1 atom stereocenters. The Bertz CT molecular complexity index is 376. The van der Waals surface area contributed by atoms with Crippen LogP contribution in [0.5, 0.6) is 0 Å². The van der Waals surface area contributed by atoms with Crippen molar-refractivity contribution in [3.05, 3.63) is 30.1 Å². The van der Waals surface area contributed by atoms with E-state index in [1.807, 2.05) is 12.4 Å². The number of nitrogens with zero attached hydrogens (tertiary/aromatic N) is 2. The Balaban J connectivity index is 1.54. The number of hydrogen-bond donors (Lipinski definition) is 0. The second-order valence-electron chi connectivity index (χ2n) is 5.77. The molecule has 3 nitrogen and oxygen atoms in total. The third-order valence-electron chi connectivity index (χ3n) is 4.60. The Morgan fingerprint density at radius 3 is 2.74 bits per heavy atom. The van der Waals surface area contributed by atoms with Gasteiger partial charge in [0.25, 0.3) is 0 Å². The van der Waals surface area contributed by atoms with Crippen molar-refractivity contribution >= 4 is 0 Å². The van der Waals surface area contributed by atoms with Gasteiger partial charge in [-0.2, -0.15) is 0 Å². The third kappa shape index (κ3) is 3.34. The Morgan fingerprint density at radius 1 is 1.16 bits per heavy atom. The van der Waals surface area contributed by atoms with E-state index in [9.17, 15) is 0 Å². The van der Waals surface area contributed by atoms with Crippen LogP contribution in [0.1, 0.15) is 37.7 Å². The maximum absolute atomic E-state index is 5.49. The lowest BCUT2D eigenvalue weighted by molar-refractivity contribution is 0.0282. The van der Waals surface area contributed by atoms with Crippen LogP contribution >= 0.6 is 0 Å². The van der Waals surface area contributed by atoms with Gasteiger partial charge in [0.1, 0.15) is 0 Å². The van der Waals surface area contributed by atoms with Gasteiger partial charge in [-0.25, -0.2) is 0 Å².